The number of amides is 1. The minimum atomic E-state index is -0.130. The zero-order chi connectivity index (χ0) is 17.8. The first-order chi connectivity index (χ1) is 12.1. The van der Waals surface area contributed by atoms with E-state index in [0.29, 0.717) is 17.8 Å². The Morgan fingerprint density at radius 2 is 2.08 bits per heavy atom. The van der Waals surface area contributed by atoms with Gasteiger partial charge in [-0.05, 0) is 19.4 Å². The molecule has 3 rings (SSSR count). The minimum Gasteiger partial charge on any atom is -0.356 e. The van der Waals surface area contributed by atoms with Gasteiger partial charge in [-0.1, -0.05) is 18.2 Å². The summed E-state index contributed by atoms with van der Waals surface area (Å²) in [6, 6.07) is 8.04. The molecule has 0 aliphatic heterocycles. The molecular formula is C18H21N5O2. The van der Waals surface area contributed by atoms with Crippen LogP contribution in [-0.2, 0) is 24.8 Å². The summed E-state index contributed by atoms with van der Waals surface area (Å²) in [6.07, 6.45) is 4.19. The van der Waals surface area contributed by atoms with E-state index in [9.17, 15) is 9.59 Å². The molecule has 0 bridgehead atoms. The van der Waals surface area contributed by atoms with Crippen molar-refractivity contribution >= 4 is 16.8 Å². The fraction of sp³-hybridized carbons (Fsp3) is 0.333. The molecule has 3 aromatic rings. The van der Waals surface area contributed by atoms with Gasteiger partial charge in [0.1, 0.15) is 0 Å². The molecule has 0 saturated carbocycles. The predicted octanol–water partition coefficient (Wildman–Crippen LogP) is 1.19. The highest BCUT2D eigenvalue weighted by molar-refractivity contribution is 5.78. The Morgan fingerprint density at radius 1 is 1.28 bits per heavy atom. The van der Waals surface area contributed by atoms with Gasteiger partial charge in [0.15, 0.2) is 0 Å². The number of aromatic nitrogens is 4. The van der Waals surface area contributed by atoms with Gasteiger partial charge in [-0.2, -0.15) is 5.10 Å². The quantitative estimate of drug-likeness (QED) is 0.684. The summed E-state index contributed by atoms with van der Waals surface area (Å²) < 4.78 is 3.35. The summed E-state index contributed by atoms with van der Waals surface area (Å²) in [6.45, 7) is 2.98. The number of hydrogen-bond acceptors (Lipinski definition) is 4. The summed E-state index contributed by atoms with van der Waals surface area (Å²) in [7, 11) is 1.64. The first-order valence-corrected chi connectivity index (χ1v) is 8.24. The smallest absolute Gasteiger partial charge is 0.256 e. The van der Waals surface area contributed by atoms with Crippen LogP contribution in [0.5, 0.6) is 0 Å². The largest absolute Gasteiger partial charge is 0.356 e. The van der Waals surface area contributed by atoms with E-state index >= 15 is 0 Å². The monoisotopic (exact) mass is 339 g/mol. The van der Waals surface area contributed by atoms with E-state index in [-0.39, 0.29) is 17.9 Å². The Hall–Kier alpha value is -2.96. The number of benzene rings is 1. The van der Waals surface area contributed by atoms with Crippen LogP contribution in [0.2, 0.25) is 0 Å². The van der Waals surface area contributed by atoms with Gasteiger partial charge in [-0.25, -0.2) is 4.98 Å². The summed E-state index contributed by atoms with van der Waals surface area (Å²) in [4.78, 5) is 28.1. The molecule has 7 heteroatoms. The van der Waals surface area contributed by atoms with E-state index in [1.54, 1.807) is 14.0 Å². The molecule has 0 fully saturated rings. The molecule has 2 aromatic heterocycles. The third kappa shape index (κ3) is 3.76. The van der Waals surface area contributed by atoms with Crippen LogP contribution in [0.1, 0.15) is 17.7 Å². The van der Waals surface area contributed by atoms with Crippen molar-refractivity contribution in [3.8, 4) is 0 Å². The van der Waals surface area contributed by atoms with Gasteiger partial charge in [-0.3, -0.25) is 14.3 Å². The lowest BCUT2D eigenvalue weighted by Gasteiger charge is -2.08. The molecule has 1 aromatic carbocycles. The lowest BCUT2D eigenvalue weighted by Crippen LogP contribution is -2.29. The minimum absolute atomic E-state index is 0.118. The zero-order valence-electron chi connectivity index (χ0n) is 14.4. The Labute approximate surface area is 145 Å². The molecule has 1 amide bonds. The third-order valence-corrected chi connectivity index (χ3v) is 4.21. The molecule has 130 valence electrons. The van der Waals surface area contributed by atoms with Crippen molar-refractivity contribution in [2.24, 2.45) is 7.05 Å². The van der Waals surface area contributed by atoms with E-state index in [1.807, 2.05) is 35.1 Å². The maximum atomic E-state index is 12.1. The van der Waals surface area contributed by atoms with Gasteiger partial charge in [0, 0.05) is 31.1 Å². The normalized spacial score (nSPS) is 11.0. The van der Waals surface area contributed by atoms with Crippen LogP contribution >= 0.6 is 0 Å². The maximum absolute atomic E-state index is 12.1. The van der Waals surface area contributed by atoms with Crippen LogP contribution in [0.3, 0.4) is 0 Å². The summed E-state index contributed by atoms with van der Waals surface area (Å²) in [5.41, 5.74) is 2.01. The Balaban J connectivity index is 1.50. The van der Waals surface area contributed by atoms with Crippen molar-refractivity contribution < 1.29 is 4.79 Å². The zero-order valence-corrected chi connectivity index (χ0v) is 14.4. The number of fused-ring (bicyclic) bond motifs is 1. The number of carbonyl (C=O) groups excluding carboxylic acids is 1. The van der Waals surface area contributed by atoms with E-state index < -0.39 is 0 Å². The van der Waals surface area contributed by atoms with Crippen molar-refractivity contribution in [2.45, 2.75) is 26.3 Å². The van der Waals surface area contributed by atoms with Gasteiger partial charge >= 0.3 is 0 Å². The van der Waals surface area contributed by atoms with Gasteiger partial charge in [-0.15, -0.1) is 0 Å². The number of para-hydroxylation sites is 1. The molecule has 0 spiro atoms. The second kappa shape index (κ2) is 7.29. The fourth-order valence-corrected chi connectivity index (χ4v) is 2.75. The molecule has 0 atom stereocenters. The topological polar surface area (TPSA) is 81.8 Å². The van der Waals surface area contributed by atoms with Crippen LogP contribution < -0.4 is 10.9 Å². The third-order valence-electron chi connectivity index (χ3n) is 4.21. The summed E-state index contributed by atoms with van der Waals surface area (Å²) in [5.74, 6) is -0.130. The van der Waals surface area contributed by atoms with Gasteiger partial charge in [0.25, 0.3) is 5.56 Å². The van der Waals surface area contributed by atoms with Gasteiger partial charge in [0.05, 0.1) is 30.2 Å². The highest BCUT2D eigenvalue weighted by Crippen LogP contribution is 2.12. The average Bonchev–Trinajstić information content (AvgIpc) is 3.02. The molecule has 0 unspecified atom stereocenters. The first kappa shape index (κ1) is 16.9. The van der Waals surface area contributed by atoms with E-state index in [0.717, 1.165) is 23.9 Å². The Morgan fingerprint density at radius 3 is 2.92 bits per heavy atom. The average molecular weight is 339 g/mol. The number of aryl methyl sites for hydroxylation is 2. The van der Waals surface area contributed by atoms with Crippen LogP contribution in [0, 0.1) is 6.92 Å². The van der Waals surface area contributed by atoms with Crippen molar-refractivity contribution in [2.75, 3.05) is 6.54 Å². The number of carbonyl (C=O) groups is 1. The molecule has 2 heterocycles. The Bertz CT molecular complexity index is 957. The molecule has 0 aliphatic rings. The van der Waals surface area contributed by atoms with Crippen molar-refractivity contribution in [3.05, 3.63) is 58.4 Å². The fourth-order valence-electron chi connectivity index (χ4n) is 2.75. The number of nitrogens with zero attached hydrogens (tertiary/aromatic N) is 4. The van der Waals surface area contributed by atoms with E-state index in [4.69, 9.17) is 0 Å². The van der Waals surface area contributed by atoms with Gasteiger partial charge < -0.3 is 9.88 Å². The van der Waals surface area contributed by atoms with E-state index in [1.165, 1.54) is 10.9 Å². The van der Waals surface area contributed by atoms with Crippen LogP contribution in [0.15, 0.2) is 41.6 Å². The lowest BCUT2D eigenvalue weighted by atomic mass is 10.2. The molecule has 7 nitrogen and oxygen atoms in total. The molecule has 0 radical (unpaired) electrons. The van der Waals surface area contributed by atoms with Gasteiger partial charge in [0.2, 0.25) is 5.91 Å². The van der Waals surface area contributed by atoms with Crippen molar-refractivity contribution in [1.29, 1.82) is 0 Å². The van der Waals surface area contributed by atoms with Crippen molar-refractivity contribution in [1.82, 2.24) is 24.6 Å². The highest BCUT2D eigenvalue weighted by Gasteiger charge is 2.10. The summed E-state index contributed by atoms with van der Waals surface area (Å²) >= 11 is 0. The molecular weight excluding hydrogens is 318 g/mol. The molecule has 0 aliphatic carbocycles. The van der Waals surface area contributed by atoms with Crippen LogP contribution in [0.25, 0.3) is 10.9 Å². The molecule has 1 N–H and O–H groups in total. The second-order valence-electron chi connectivity index (χ2n) is 6.04. The first-order valence-electron chi connectivity index (χ1n) is 8.24. The SMILES string of the molecule is Cc1c(CC(=O)NCCCn2ncc3ccccc32)ncn(C)c1=O. The highest BCUT2D eigenvalue weighted by atomic mass is 16.1. The van der Waals surface area contributed by atoms with Crippen LogP contribution in [0.4, 0.5) is 0 Å². The maximum Gasteiger partial charge on any atom is 0.256 e. The number of rotatable bonds is 6. The number of nitrogens with one attached hydrogen (secondary N) is 1. The summed E-state index contributed by atoms with van der Waals surface area (Å²) in [5, 5.41) is 8.35. The standard InChI is InChI=1S/C18H21N5O2/c1-13-15(20-12-22(2)18(13)25)10-17(24)19-8-5-9-23-16-7-4-3-6-14(16)11-21-23/h3-4,6-7,11-12H,5,8-10H2,1-2H3,(H,19,24). The molecule has 0 saturated heterocycles. The Kier molecular flexibility index (Phi) is 4.92. The predicted molar refractivity (Wildman–Crippen MR) is 95.3 cm³/mol. The molecule has 25 heavy (non-hydrogen) atoms. The second-order valence-corrected chi connectivity index (χ2v) is 6.04. The number of hydrogen-bond donors (Lipinski definition) is 1. The van der Waals surface area contributed by atoms with Crippen LogP contribution in [-0.4, -0.2) is 31.8 Å². The van der Waals surface area contributed by atoms with E-state index in [2.05, 4.69) is 15.4 Å². The van der Waals surface area contributed by atoms with Crippen molar-refractivity contribution in [3.63, 3.8) is 0 Å². The lowest BCUT2D eigenvalue weighted by molar-refractivity contribution is -0.120.